The minimum Gasteiger partial charge on any atom is -0.307 e. The second kappa shape index (κ2) is 6.72. The number of carbonyl (C=O) groups is 1. The summed E-state index contributed by atoms with van der Waals surface area (Å²) in [5, 5.41) is 0. The quantitative estimate of drug-likeness (QED) is 0.824. The summed E-state index contributed by atoms with van der Waals surface area (Å²) in [4.78, 5) is 14.8. The first-order chi connectivity index (χ1) is 12.2. The topological polar surface area (TPSA) is 57.7 Å². The van der Waals surface area contributed by atoms with Crippen LogP contribution in [-0.4, -0.2) is 32.7 Å². The van der Waals surface area contributed by atoms with Gasteiger partial charge in [0.15, 0.2) is 0 Å². The van der Waals surface area contributed by atoms with Gasteiger partial charge in [-0.25, -0.2) is 12.8 Å². The van der Waals surface area contributed by atoms with Crippen molar-refractivity contribution in [2.24, 2.45) is 0 Å². The Morgan fingerprint density at radius 3 is 2.42 bits per heavy atom. The summed E-state index contributed by atoms with van der Waals surface area (Å²) < 4.78 is 39.0. The molecule has 0 unspecified atom stereocenters. The molecular formula is C19H21FN2O3S. The van der Waals surface area contributed by atoms with Gasteiger partial charge >= 0.3 is 0 Å². The molecule has 0 radical (unpaired) electrons. The molecule has 0 saturated heterocycles. The number of anilines is 2. The Bertz CT molecular complexity index is 928. The van der Waals surface area contributed by atoms with Crippen LogP contribution in [0.1, 0.15) is 19.4 Å². The first kappa shape index (κ1) is 18.4. The Kier molecular flexibility index (Phi) is 4.75. The monoisotopic (exact) mass is 376 g/mol. The zero-order valence-corrected chi connectivity index (χ0v) is 15.7. The number of carbonyl (C=O) groups excluding carboxylic acids is 1. The number of hydrogen-bond donors (Lipinski definition) is 0. The van der Waals surface area contributed by atoms with E-state index in [-0.39, 0.29) is 17.6 Å². The largest absolute Gasteiger partial charge is 0.307 e. The minimum atomic E-state index is -3.74. The molecule has 7 heteroatoms. The molecule has 2 atom stereocenters. The van der Waals surface area contributed by atoms with E-state index in [0.29, 0.717) is 0 Å². The number of benzene rings is 2. The van der Waals surface area contributed by atoms with Crippen LogP contribution in [0.3, 0.4) is 0 Å². The Morgan fingerprint density at radius 1 is 1.19 bits per heavy atom. The molecule has 1 heterocycles. The fourth-order valence-corrected chi connectivity index (χ4v) is 4.66. The van der Waals surface area contributed by atoms with E-state index < -0.39 is 21.9 Å². The highest BCUT2D eigenvalue weighted by Gasteiger charge is 2.37. The molecule has 0 aromatic heterocycles. The van der Waals surface area contributed by atoms with Crippen LogP contribution in [0, 0.1) is 5.82 Å². The number of sulfonamides is 1. The van der Waals surface area contributed by atoms with Crippen molar-refractivity contribution < 1.29 is 17.6 Å². The second-order valence-electron chi connectivity index (χ2n) is 6.60. The van der Waals surface area contributed by atoms with Crippen molar-refractivity contribution in [1.29, 1.82) is 0 Å². The third-order valence-corrected chi connectivity index (χ3v) is 5.83. The smallest absolute Gasteiger partial charge is 0.250 e. The summed E-state index contributed by atoms with van der Waals surface area (Å²) in [6.07, 6.45) is 1.77. The molecule has 0 saturated carbocycles. The molecule has 2 aromatic carbocycles. The SMILES string of the molecule is C[C@@H]1Cc2ccccc2N1C(=O)[C@H](C)N(c1ccc(F)cc1)S(C)(=O)=O. The fraction of sp³-hybridized carbons (Fsp3) is 0.316. The van der Waals surface area contributed by atoms with Crippen LogP contribution in [0.4, 0.5) is 15.8 Å². The zero-order chi connectivity index (χ0) is 19.1. The summed E-state index contributed by atoms with van der Waals surface area (Å²) in [5.74, 6) is -0.777. The molecule has 0 aliphatic carbocycles. The molecule has 0 spiro atoms. The maximum atomic E-state index is 13.2. The molecule has 3 rings (SSSR count). The molecule has 26 heavy (non-hydrogen) atoms. The van der Waals surface area contributed by atoms with Gasteiger partial charge in [-0.2, -0.15) is 0 Å². The van der Waals surface area contributed by atoms with Gasteiger partial charge in [-0.05, 0) is 56.2 Å². The van der Waals surface area contributed by atoms with Crippen molar-refractivity contribution in [2.45, 2.75) is 32.4 Å². The number of halogens is 1. The van der Waals surface area contributed by atoms with E-state index in [0.717, 1.165) is 28.2 Å². The van der Waals surface area contributed by atoms with E-state index in [1.54, 1.807) is 11.8 Å². The highest BCUT2D eigenvalue weighted by atomic mass is 32.2. The summed E-state index contributed by atoms with van der Waals surface area (Å²) >= 11 is 0. The van der Waals surface area contributed by atoms with Crippen LogP contribution in [0.2, 0.25) is 0 Å². The van der Waals surface area contributed by atoms with E-state index in [1.807, 2.05) is 31.2 Å². The zero-order valence-electron chi connectivity index (χ0n) is 14.9. The van der Waals surface area contributed by atoms with Crippen molar-refractivity contribution in [1.82, 2.24) is 0 Å². The Hall–Kier alpha value is -2.41. The Balaban J connectivity index is 1.98. The maximum Gasteiger partial charge on any atom is 0.250 e. The maximum absolute atomic E-state index is 13.2. The van der Waals surface area contributed by atoms with Gasteiger partial charge < -0.3 is 4.90 Å². The standard InChI is InChI=1S/C19H21FN2O3S/c1-13-12-15-6-4-5-7-18(15)21(13)19(23)14(2)22(26(3,24)25)17-10-8-16(20)9-11-17/h4-11,13-14H,12H2,1-3H3/t13-,14+/m1/s1. The third-order valence-electron chi connectivity index (χ3n) is 4.59. The second-order valence-corrected chi connectivity index (χ2v) is 8.46. The van der Waals surface area contributed by atoms with Crippen LogP contribution in [0.25, 0.3) is 0 Å². The summed E-state index contributed by atoms with van der Waals surface area (Å²) in [5.41, 5.74) is 2.13. The lowest BCUT2D eigenvalue weighted by atomic mass is 10.1. The Morgan fingerprint density at radius 2 is 1.81 bits per heavy atom. The van der Waals surface area contributed by atoms with Crippen molar-refractivity contribution in [3.8, 4) is 0 Å². The molecule has 138 valence electrons. The van der Waals surface area contributed by atoms with Crippen LogP contribution >= 0.6 is 0 Å². The third kappa shape index (κ3) is 3.31. The van der Waals surface area contributed by atoms with E-state index in [4.69, 9.17) is 0 Å². The van der Waals surface area contributed by atoms with Gasteiger partial charge in [-0.3, -0.25) is 9.10 Å². The highest BCUT2D eigenvalue weighted by Crippen LogP contribution is 2.33. The van der Waals surface area contributed by atoms with Crippen molar-refractivity contribution in [3.05, 3.63) is 59.9 Å². The predicted octanol–water partition coefficient (Wildman–Crippen LogP) is 2.96. The molecule has 0 N–H and O–H groups in total. The van der Waals surface area contributed by atoms with Gasteiger partial charge in [-0.15, -0.1) is 0 Å². The van der Waals surface area contributed by atoms with Crippen LogP contribution in [0.5, 0.6) is 0 Å². The van der Waals surface area contributed by atoms with E-state index in [9.17, 15) is 17.6 Å². The number of amides is 1. The van der Waals surface area contributed by atoms with E-state index in [1.165, 1.54) is 24.3 Å². The number of para-hydroxylation sites is 1. The van der Waals surface area contributed by atoms with Gasteiger partial charge in [0.25, 0.3) is 5.91 Å². The van der Waals surface area contributed by atoms with Crippen molar-refractivity contribution in [3.63, 3.8) is 0 Å². The molecule has 0 bridgehead atoms. The molecule has 1 amide bonds. The molecule has 1 aliphatic rings. The molecule has 1 aliphatic heterocycles. The van der Waals surface area contributed by atoms with Gasteiger partial charge in [0.05, 0.1) is 11.9 Å². The van der Waals surface area contributed by atoms with Crippen LogP contribution in [-0.2, 0) is 21.2 Å². The van der Waals surface area contributed by atoms with Crippen molar-refractivity contribution in [2.75, 3.05) is 15.5 Å². The summed E-state index contributed by atoms with van der Waals surface area (Å²) in [7, 11) is -3.74. The lowest BCUT2D eigenvalue weighted by molar-refractivity contribution is -0.119. The van der Waals surface area contributed by atoms with Crippen LogP contribution < -0.4 is 9.21 Å². The van der Waals surface area contributed by atoms with Gasteiger partial charge in [-0.1, -0.05) is 18.2 Å². The molecular weight excluding hydrogens is 355 g/mol. The molecule has 5 nitrogen and oxygen atoms in total. The van der Waals surface area contributed by atoms with Gasteiger partial charge in [0.2, 0.25) is 10.0 Å². The number of hydrogen-bond acceptors (Lipinski definition) is 3. The molecule has 2 aromatic rings. The predicted molar refractivity (Wildman–Crippen MR) is 100 cm³/mol. The van der Waals surface area contributed by atoms with Crippen molar-refractivity contribution >= 4 is 27.3 Å². The Labute approximate surface area is 153 Å². The van der Waals surface area contributed by atoms with Crippen LogP contribution in [0.15, 0.2) is 48.5 Å². The number of nitrogens with zero attached hydrogens (tertiary/aromatic N) is 2. The van der Waals surface area contributed by atoms with Gasteiger partial charge in [0.1, 0.15) is 11.9 Å². The van der Waals surface area contributed by atoms with E-state index >= 15 is 0 Å². The lowest BCUT2D eigenvalue weighted by Gasteiger charge is -2.33. The normalized spacial score (nSPS) is 17.7. The summed E-state index contributed by atoms with van der Waals surface area (Å²) in [6, 6.07) is 11.7. The van der Waals surface area contributed by atoms with E-state index in [2.05, 4.69) is 0 Å². The molecule has 0 fully saturated rings. The number of fused-ring (bicyclic) bond motifs is 1. The average Bonchev–Trinajstić information content (AvgIpc) is 2.90. The lowest BCUT2D eigenvalue weighted by Crippen LogP contribution is -2.51. The minimum absolute atomic E-state index is 0.0584. The first-order valence-corrected chi connectivity index (χ1v) is 10.2. The average molecular weight is 376 g/mol. The number of rotatable bonds is 4. The fourth-order valence-electron chi connectivity index (χ4n) is 3.49. The van der Waals surface area contributed by atoms with Gasteiger partial charge in [0, 0.05) is 11.7 Å². The summed E-state index contributed by atoms with van der Waals surface area (Å²) in [6.45, 7) is 3.49. The first-order valence-electron chi connectivity index (χ1n) is 8.36. The highest BCUT2D eigenvalue weighted by molar-refractivity contribution is 7.92.